The van der Waals surface area contributed by atoms with Crippen molar-refractivity contribution in [1.82, 2.24) is 24.6 Å². The number of fused-ring (bicyclic) bond motifs is 1. The molecule has 0 aliphatic carbocycles. The fourth-order valence-electron chi connectivity index (χ4n) is 5.68. The number of methoxy groups -OCH3 is 2. The van der Waals surface area contributed by atoms with Crippen LogP contribution in [0.5, 0.6) is 28.7 Å². The minimum absolute atomic E-state index is 0.0109. The quantitative estimate of drug-likeness (QED) is 0.174. The zero-order valence-electron chi connectivity index (χ0n) is 28.4. The van der Waals surface area contributed by atoms with E-state index >= 15 is 4.39 Å². The summed E-state index contributed by atoms with van der Waals surface area (Å²) in [6, 6.07) is 17.3. The SMILES string of the molecule is COc1ccc(-n2nc(C(=O)Nc3ccc(Oc4ccnc5cc(OCCCN6CCN(C)CC6)c(OC)cc45)c(F)c3)c(C)cc2=O)cc1. The third-order valence-electron chi connectivity index (χ3n) is 8.52. The van der Waals surface area contributed by atoms with Gasteiger partial charge in [-0.2, -0.15) is 9.78 Å². The van der Waals surface area contributed by atoms with Gasteiger partial charge in [0, 0.05) is 68.2 Å². The molecule has 2 aromatic heterocycles. The number of aromatic nitrogens is 3. The van der Waals surface area contributed by atoms with Crippen molar-refractivity contribution in [2.24, 2.45) is 0 Å². The van der Waals surface area contributed by atoms with Crippen LogP contribution in [0.1, 0.15) is 22.5 Å². The summed E-state index contributed by atoms with van der Waals surface area (Å²) in [7, 11) is 5.24. The molecule has 0 bridgehead atoms. The summed E-state index contributed by atoms with van der Waals surface area (Å²) < 4.78 is 39.4. The first kappa shape index (κ1) is 34.3. The highest BCUT2D eigenvalue weighted by molar-refractivity contribution is 6.03. The maximum absolute atomic E-state index is 15.4. The molecule has 0 unspecified atom stereocenters. The predicted octanol–water partition coefficient (Wildman–Crippen LogP) is 5.31. The first-order valence-corrected chi connectivity index (χ1v) is 16.3. The second-order valence-corrected chi connectivity index (χ2v) is 12.0. The Morgan fingerprint density at radius 1 is 0.900 bits per heavy atom. The van der Waals surface area contributed by atoms with Gasteiger partial charge in [-0.15, -0.1) is 0 Å². The molecule has 0 atom stereocenters. The largest absolute Gasteiger partial charge is 0.497 e. The van der Waals surface area contributed by atoms with E-state index in [0.717, 1.165) is 49.9 Å². The number of piperazine rings is 1. The molecule has 3 aromatic carbocycles. The fraction of sp³-hybridized carbons (Fsp3) is 0.297. The standard InChI is InChI=1S/C37H39FN6O6/c1-24-20-35(45)44(26-7-9-27(47-3)10-8-26)41-36(24)37(46)40-25-6-11-32(29(38)21-25)50-31-12-13-39-30-23-34(33(48-4)22-28(30)31)49-19-5-14-43-17-15-42(2)16-18-43/h6-13,20-23H,5,14-19H2,1-4H3,(H,40,46). The van der Waals surface area contributed by atoms with Crippen LogP contribution in [-0.4, -0.2) is 91.1 Å². The molecule has 1 fully saturated rings. The van der Waals surface area contributed by atoms with E-state index in [2.05, 4.69) is 32.2 Å². The highest BCUT2D eigenvalue weighted by atomic mass is 19.1. The Morgan fingerprint density at radius 3 is 2.40 bits per heavy atom. The Morgan fingerprint density at radius 2 is 1.68 bits per heavy atom. The average molecular weight is 683 g/mol. The monoisotopic (exact) mass is 682 g/mol. The van der Waals surface area contributed by atoms with Gasteiger partial charge in [0.15, 0.2) is 28.8 Å². The number of nitrogens with one attached hydrogen (secondary N) is 1. The number of amides is 1. The first-order valence-electron chi connectivity index (χ1n) is 16.3. The van der Waals surface area contributed by atoms with Crippen LogP contribution in [0.4, 0.5) is 10.1 Å². The van der Waals surface area contributed by atoms with Crippen molar-refractivity contribution >= 4 is 22.5 Å². The van der Waals surface area contributed by atoms with E-state index in [1.54, 1.807) is 62.7 Å². The van der Waals surface area contributed by atoms with Gasteiger partial charge in [0.05, 0.1) is 32.0 Å². The van der Waals surface area contributed by atoms with Crippen molar-refractivity contribution in [1.29, 1.82) is 0 Å². The summed E-state index contributed by atoms with van der Waals surface area (Å²) in [5.74, 6) is 0.691. The Bertz CT molecular complexity index is 2050. The summed E-state index contributed by atoms with van der Waals surface area (Å²) in [4.78, 5) is 35.1. The minimum Gasteiger partial charge on any atom is -0.497 e. The third-order valence-corrected chi connectivity index (χ3v) is 8.52. The number of halogens is 1. The normalized spacial score (nSPS) is 13.6. The smallest absolute Gasteiger partial charge is 0.276 e. The molecule has 1 aliphatic heterocycles. The number of rotatable bonds is 12. The van der Waals surface area contributed by atoms with E-state index in [9.17, 15) is 9.59 Å². The van der Waals surface area contributed by atoms with Gasteiger partial charge in [0.1, 0.15) is 11.5 Å². The maximum atomic E-state index is 15.4. The molecule has 260 valence electrons. The molecule has 0 spiro atoms. The Hall–Kier alpha value is -5.53. The molecular weight excluding hydrogens is 643 g/mol. The van der Waals surface area contributed by atoms with Crippen LogP contribution < -0.4 is 29.8 Å². The molecule has 50 heavy (non-hydrogen) atoms. The van der Waals surface area contributed by atoms with Gasteiger partial charge >= 0.3 is 0 Å². The molecule has 12 nitrogen and oxygen atoms in total. The zero-order chi connectivity index (χ0) is 35.2. The van der Waals surface area contributed by atoms with Crippen LogP contribution in [0.15, 0.2) is 77.7 Å². The lowest BCUT2D eigenvalue weighted by atomic mass is 10.1. The van der Waals surface area contributed by atoms with Crippen molar-refractivity contribution in [3.05, 3.63) is 100 Å². The minimum atomic E-state index is -0.701. The molecule has 5 aromatic rings. The van der Waals surface area contributed by atoms with Crippen molar-refractivity contribution in [3.8, 4) is 34.4 Å². The summed E-state index contributed by atoms with van der Waals surface area (Å²) in [5.41, 5.74) is 1.21. The number of hydrogen-bond donors (Lipinski definition) is 1. The lowest BCUT2D eigenvalue weighted by molar-refractivity contribution is 0.102. The Balaban J connectivity index is 1.14. The predicted molar refractivity (Wildman–Crippen MR) is 188 cm³/mol. The molecule has 0 radical (unpaired) electrons. The lowest BCUT2D eigenvalue weighted by Gasteiger charge is -2.32. The number of benzene rings is 3. The van der Waals surface area contributed by atoms with Gasteiger partial charge in [0.25, 0.3) is 11.5 Å². The van der Waals surface area contributed by atoms with Gasteiger partial charge in [0.2, 0.25) is 0 Å². The number of likely N-dealkylation sites (N-methyl/N-ethyl adjacent to an activating group) is 1. The van der Waals surface area contributed by atoms with Gasteiger partial charge in [-0.25, -0.2) is 4.39 Å². The summed E-state index contributed by atoms with van der Waals surface area (Å²) in [6.07, 6.45) is 2.46. The highest BCUT2D eigenvalue weighted by Gasteiger charge is 2.18. The van der Waals surface area contributed by atoms with E-state index in [-0.39, 0.29) is 17.1 Å². The number of ether oxygens (including phenoxy) is 4. The van der Waals surface area contributed by atoms with Crippen LogP contribution in [0.2, 0.25) is 0 Å². The number of carbonyl (C=O) groups excluding carboxylic acids is 1. The molecule has 1 N–H and O–H groups in total. The second-order valence-electron chi connectivity index (χ2n) is 12.0. The first-order chi connectivity index (χ1) is 24.2. The van der Waals surface area contributed by atoms with E-state index < -0.39 is 17.3 Å². The van der Waals surface area contributed by atoms with Crippen LogP contribution in [-0.2, 0) is 0 Å². The molecule has 3 heterocycles. The topological polar surface area (TPSA) is 120 Å². The van der Waals surface area contributed by atoms with Crippen LogP contribution in [0.3, 0.4) is 0 Å². The molecule has 1 saturated heterocycles. The second kappa shape index (κ2) is 15.3. The van der Waals surface area contributed by atoms with E-state index in [0.29, 0.717) is 51.8 Å². The van der Waals surface area contributed by atoms with Crippen molar-refractivity contribution in [3.63, 3.8) is 0 Å². The number of nitrogens with zero attached hydrogens (tertiary/aromatic N) is 5. The highest BCUT2D eigenvalue weighted by Crippen LogP contribution is 2.38. The maximum Gasteiger partial charge on any atom is 0.276 e. The number of carbonyl (C=O) groups is 1. The van der Waals surface area contributed by atoms with Crippen LogP contribution >= 0.6 is 0 Å². The van der Waals surface area contributed by atoms with Crippen molar-refractivity contribution in [2.45, 2.75) is 13.3 Å². The molecule has 1 amide bonds. The summed E-state index contributed by atoms with van der Waals surface area (Å²) in [5, 5.41) is 7.56. The molecule has 0 saturated carbocycles. The summed E-state index contributed by atoms with van der Waals surface area (Å²) in [6.45, 7) is 7.36. The fourth-order valence-corrected chi connectivity index (χ4v) is 5.68. The number of hydrogen-bond acceptors (Lipinski definition) is 10. The van der Waals surface area contributed by atoms with Crippen LogP contribution in [0.25, 0.3) is 16.6 Å². The Labute approximate surface area is 289 Å². The van der Waals surface area contributed by atoms with Crippen molar-refractivity contribution < 1.29 is 28.1 Å². The number of aryl methyl sites for hydroxylation is 1. The summed E-state index contributed by atoms with van der Waals surface area (Å²) >= 11 is 0. The molecule has 13 heteroatoms. The Kier molecular flexibility index (Phi) is 10.5. The zero-order valence-corrected chi connectivity index (χ0v) is 28.4. The molecular formula is C37H39FN6O6. The van der Waals surface area contributed by atoms with Crippen molar-refractivity contribution in [2.75, 3.05) is 65.9 Å². The van der Waals surface area contributed by atoms with Gasteiger partial charge in [-0.05, 0) is 74.5 Å². The average Bonchev–Trinajstić information content (AvgIpc) is 3.12. The van der Waals surface area contributed by atoms with Gasteiger partial charge in [-0.1, -0.05) is 0 Å². The molecule has 6 rings (SSSR count). The third kappa shape index (κ3) is 7.85. The van der Waals surface area contributed by atoms with Crippen LogP contribution in [0, 0.1) is 12.7 Å². The van der Waals surface area contributed by atoms with E-state index in [1.165, 1.54) is 25.3 Å². The number of pyridine rings is 1. The molecule has 1 aliphatic rings. The van der Waals surface area contributed by atoms with Gasteiger partial charge < -0.3 is 34.1 Å². The van der Waals surface area contributed by atoms with E-state index in [4.69, 9.17) is 18.9 Å². The van der Waals surface area contributed by atoms with Gasteiger partial charge in [-0.3, -0.25) is 14.6 Å². The van der Waals surface area contributed by atoms with E-state index in [1.807, 2.05) is 0 Å². The lowest BCUT2D eigenvalue weighted by Crippen LogP contribution is -2.44. The number of anilines is 1.